The minimum absolute atomic E-state index is 1.00. The van der Waals surface area contributed by atoms with Crippen molar-refractivity contribution in [1.29, 1.82) is 0 Å². The first kappa shape index (κ1) is 15.7. The third-order valence-corrected chi connectivity index (χ3v) is 3.64. The predicted octanol–water partition coefficient (Wildman–Crippen LogP) is 6.12. The minimum Gasteiger partial charge on any atom is -0.0856 e. The van der Waals surface area contributed by atoms with Gasteiger partial charge in [0.25, 0.3) is 0 Å². The van der Waals surface area contributed by atoms with Gasteiger partial charge in [-0.25, -0.2) is 0 Å². The van der Waals surface area contributed by atoms with Gasteiger partial charge in [0.1, 0.15) is 0 Å². The fourth-order valence-corrected chi connectivity index (χ4v) is 2.19. The highest BCUT2D eigenvalue weighted by molar-refractivity contribution is 5.00. The van der Waals surface area contributed by atoms with Crippen LogP contribution in [0.2, 0.25) is 0 Å². The summed E-state index contributed by atoms with van der Waals surface area (Å²) in [5.41, 5.74) is 1.59. The molecular weight excluding hydrogens is 192 g/mol. The van der Waals surface area contributed by atoms with Crippen LogP contribution >= 0.6 is 0 Å². The van der Waals surface area contributed by atoms with Crippen LogP contribution in [0.25, 0.3) is 0 Å². The van der Waals surface area contributed by atoms with E-state index in [1.54, 1.807) is 5.57 Å². The van der Waals surface area contributed by atoms with Gasteiger partial charge in [0.15, 0.2) is 0 Å². The molecule has 1 aliphatic rings. The molecule has 0 aromatic carbocycles. The second kappa shape index (κ2) is 11.2. The number of hydrogen-bond acceptors (Lipinski definition) is 0. The van der Waals surface area contributed by atoms with Crippen LogP contribution in [-0.2, 0) is 0 Å². The first-order chi connectivity index (χ1) is 7.74. The van der Waals surface area contributed by atoms with E-state index in [1.165, 1.54) is 57.8 Å². The highest BCUT2D eigenvalue weighted by Crippen LogP contribution is 2.15. The van der Waals surface area contributed by atoms with Gasteiger partial charge in [-0.15, -0.1) is 0 Å². The second-order valence-electron chi connectivity index (χ2n) is 5.12. The molecule has 0 aromatic heterocycles. The highest BCUT2D eigenvalue weighted by atomic mass is 14.1. The summed E-state index contributed by atoms with van der Waals surface area (Å²) in [5, 5.41) is 0. The van der Waals surface area contributed by atoms with Crippen LogP contribution in [-0.4, -0.2) is 0 Å². The molecule has 16 heavy (non-hydrogen) atoms. The average molecular weight is 224 g/mol. The van der Waals surface area contributed by atoms with Gasteiger partial charge in [-0.05, 0) is 38.5 Å². The van der Waals surface area contributed by atoms with E-state index in [0.717, 1.165) is 5.92 Å². The van der Waals surface area contributed by atoms with E-state index in [2.05, 4.69) is 33.8 Å². The summed E-state index contributed by atoms with van der Waals surface area (Å²) in [6, 6.07) is 0. The van der Waals surface area contributed by atoms with E-state index in [-0.39, 0.29) is 0 Å². The molecule has 1 aliphatic carbocycles. The smallest absolute Gasteiger partial charge is 0.0323 e. The quantitative estimate of drug-likeness (QED) is 0.493. The first-order valence-electron chi connectivity index (χ1n) is 7.40. The van der Waals surface area contributed by atoms with Gasteiger partial charge in [0, 0.05) is 0 Å². The Bertz CT molecular complexity index is 163. The zero-order valence-electron chi connectivity index (χ0n) is 12.0. The van der Waals surface area contributed by atoms with Crippen molar-refractivity contribution in [3.63, 3.8) is 0 Å². The molecule has 1 rings (SSSR count). The fourth-order valence-electron chi connectivity index (χ4n) is 2.19. The maximum atomic E-state index is 2.35. The summed E-state index contributed by atoms with van der Waals surface area (Å²) < 4.78 is 0. The molecule has 0 saturated heterocycles. The predicted molar refractivity (Wildman–Crippen MR) is 75.8 cm³/mol. The standard InChI is InChI=1S/C9H20.C7H12/c1-4-7-8-9(5-2)6-3;1-7-5-3-2-4-6-7/h9H,4-8H2,1-3H3;5H,2-4,6H2,1H3. The normalized spacial score (nSPS) is 15.4. The topological polar surface area (TPSA) is 0 Å². The molecule has 0 nitrogen and oxygen atoms in total. The van der Waals surface area contributed by atoms with Crippen molar-refractivity contribution in [3.8, 4) is 0 Å². The van der Waals surface area contributed by atoms with Crippen molar-refractivity contribution < 1.29 is 0 Å². The van der Waals surface area contributed by atoms with Gasteiger partial charge in [-0.2, -0.15) is 0 Å². The Morgan fingerprint density at radius 3 is 2.12 bits per heavy atom. The molecule has 96 valence electrons. The lowest BCUT2D eigenvalue weighted by molar-refractivity contribution is 0.438. The lowest BCUT2D eigenvalue weighted by Crippen LogP contribution is -1.95. The summed E-state index contributed by atoms with van der Waals surface area (Å²) in [4.78, 5) is 0. The first-order valence-corrected chi connectivity index (χ1v) is 7.40. The van der Waals surface area contributed by atoms with Crippen LogP contribution in [0.3, 0.4) is 0 Å². The summed E-state index contributed by atoms with van der Waals surface area (Å²) in [6.45, 7) is 9.08. The largest absolute Gasteiger partial charge is 0.0856 e. The van der Waals surface area contributed by atoms with Crippen molar-refractivity contribution in [2.45, 2.75) is 85.5 Å². The molecule has 0 spiro atoms. The van der Waals surface area contributed by atoms with E-state index < -0.39 is 0 Å². The van der Waals surface area contributed by atoms with Crippen molar-refractivity contribution in [1.82, 2.24) is 0 Å². The van der Waals surface area contributed by atoms with E-state index in [0.29, 0.717) is 0 Å². The highest BCUT2D eigenvalue weighted by Gasteiger charge is 2.00. The molecule has 0 bridgehead atoms. The fraction of sp³-hybridized carbons (Fsp3) is 0.875. The van der Waals surface area contributed by atoms with Crippen LogP contribution in [0.5, 0.6) is 0 Å². The molecule has 0 radical (unpaired) electrons. The Balaban J connectivity index is 0.000000288. The number of allylic oxidation sites excluding steroid dienone is 2. The maximum absolute atomic E-state index is 2.35. The van der Waals surface area contributed by atoms with Crippen LogP contribution in [0.1, 0.15) is 85.5 Å². The van der Waals surface area contributed by atoms with Gasteiger partial charge in [-0.3, -0.25) is 0 Å². The number of hydrogen-bond donors (Lipinski definition) is 0. The van der Waals surface area contributed by atoms with Crippen molar-refractivity contribution in [3.05, 3.63) is 11.6 Å². The van der Waals surface area contributed by atoms with Crippen LogP contribution in [0.15, 0.2) is 11.6 Å². The van der Waals surface area contributed by atoms with Gasteiger partial charge in [-0.1, -0.05) is 64.5 Å². The summed E-state index contributed by atoms with van der Waals surface area (Å²) in [5.74, 6) is 1.00. The summed E-state index contributed by atoms with van der Waals surface area (Å²) in [6.07, 6.45) is 14.8. The summed E-state index contributed by atoms with van der Waals surface area (Å²) >= 11 is 0. The lowest BCUT2D eigenvalue weighted by Gasteiger charge is -2.09. The molecule has 0 unspecified atom stereocenters. The van der Waals surface area contributed by atoms with Crippen LogP contribution < -0.4 is 0 Å². The Kier molecular flexibility index (Phi) is 11.0. The summed E-state index contributed by atoms with van der Waals surface area (Å²) in [7, 11) is 0. The Morgan fingerprint density at radius 2 is 1.81 bits per heavy atom. The van der Waals surface area contributed by atoms with Gasteiger partial charge in [0.05, 0.1) is 0 Å². The van der Waals surface area contributed by atoms with E-state index in [4.69, 9.17) is 0 Å². The third-order valence-electron chi connectivity index (χ3n) is 3.64. The molecule has 0 fully saturated rings. The molecule has 0 aliphatic heterocycles. The van der Waals surface area contributed by atoms with Crippen molar-refractivity contribution in [2.75, 3.05) is 0 Å². The maximum Gasteiger partial charge on any atom is -0.0323 e. The molecule has 0 heteroatoms. The molecular formula is C16H32. The van der Waals surface area contributed by atoms with E-state index in [1.807, 2.05) is 0 Å². The van der Waals surface area contributed by atoms with Crippen molar-refractivity contribution in [2.24, 2.45) is 5.92 Å². The Hall–Kier alpha value is -0.260. The molecule has 0 N–H and O–H groups in total. The van der Waals surface area contributed by atoms with Gasteiger partial charge in [0.2, 0.25) is 0 Å². The number of unbranched alkanes of at least 4 members (excludes halogenated alkanes) is 1. The van der Waals surface area contributed by atoms with Crippen LogP contribution in [0, 0.1) is 5.92 Å². The number of rotatable bonds is 5. The molecule has 0 atom stereocenters. The molecule has 0 saturated carbocycles. The lowest BCUT2D eigenvalue weighted by atomic mass is 9.97. The minimum atomic E-state index is 1.00. The van der Waals surface area contributed by atoms with E-state index >= 15 is 0 Å². The zero-order chi connectivity index (χ0) is 12.2. The Morgan fingerprint density at radius 1 is 1.12 bits per heavy atom. The molecule has 0 aromatic rings. The van der Waals surface area contributed by atoms with Crippen LogP contribution in [0.4, 0.5) is 0 Å². The van der Waals surface area contributed by atoms with Gasteiger partial charge >= 0.3 is 0 Å². The third kappa shape index (κ3) is 9.00. The monoisotopic (exact) mass is 224 g/mol. The second-order valence-corrected chi connectivity index (χ2v) is 5.12. The van der Waals surface area contributed by atoms with Gasteiger partial charge < -0.3 is 0 Å². The van der Waals surface area contributed by atoms with Crippen molar-refractivity contribution >= 4 is 0 Å². The molecule has 0 heterocycles. The molecule has 0 amide bonds. The Labute approximate surface area is 104 Å². The average Bonchev–Trinajstić information content (AvgIpc) is 2.32. The SMILES string of the molecule is CC1=CCCCC1.CCCCC(CC)CC. The zero-order valence-corrected chi connectivity index (χ0v) is 12.0. The van der Waals surface area contributed by atoms with E-state index in [9.17, 15) is 0 Å².